The Morgan fingerprint density at radius 2 is 2.00 bits per heavy atom. The van der Waals surface area contributed by atoms with Gasteiger partial charge in [-0.1, -0.05) is 41.9 Å². The number of hydrogen-bond donors (Lipinski definition) is 2. The van der Waals surface area contributed by atoms with Gasteiger partial charge in [0.15, 0.2) is 5.57 Å². The van der Waals surface area contributed by atoms with Crippen LogP contribution < -0.4 is 10.6 Å². The molecule has 128 valence electrons. The third kappa shape index (κ3) is 5.55. The van der Waals surface area contributed by atoms with Gasteiger partial charge in [-0.15, -0.1) is 0 Å². The molecule has 2 N–H and O–H groups in total. The highest BCUT2D eigenvalue weighted by molar-refractivity contribution is 6.31. The largest absolute Gasteiger partial charge is 0.462 e. The monoisotopic (exact) mass is 355 g/mol. The van der Waals surface area contributed by atoms with E-state index in [0.717, 1.165) is 11.3 Å². The van der Waals surface area contributed by atoms with Crippen molar-refractivity contribution in [1.29, 1.82) is 5.26 Å². The minimum Gasteiger partial charge on any atom is -0.462 e. The molecule has 0 fully saturated rings. The molecule has 0 heterocycles. The molecular formula is C19H18ClN3O2. The predicted molar refractivity (Wildman–Crippen MR) is 99.2 cm³/mol. The van der Waals surface area contributed by atoms with Gasteiger partial charge in [-0.25, -0.2) is 4.79 Å². The first kappa shape index (κ1) is 18.4. The maximum Gasteiger partial charge on any atom is 0.350 e. The van der Waals surface area contributed by atoms with Crippen LogP contribution in [0.2, 0.25) is 5.02 Å². The number of halogens is 1. The lowest BCUT2D eigenvalue weighted by atomic mass is 10.2. The first-order valence-corrected chi connectivity index (χ1v) is 8.13. The Balaban J connectivity index is 2.15. The van der Waals surface area contributed by atoms with E-state index in [4.69, 9.17) is 21.6 Å². The van der Waals surface area contributed by atoms with Gasteiger partial charge in [0.25, 0.3) is 0 Å². The van der Waals surface area contributed by atoms with Crippen molar-refractivity contribution in [3.8, 4) is 6.07 Å². The van der Waals surface area contributed by atoms with Crippen molar-refractivity contribution in [1.82, 2.24) is 0 Å². The van der Waals surface area contributed by atoms with Gasteiger partial charge in [0.1, 0.15) is 6.07 Å². The molecule has 0 amide bonds. The second kappa shape index (κ2) is 9.36. The summed E-state index contributed by atoms with van der Waals surface area (Å²) in [5.41, 5.74) is 2.46. The molecule has 0 saturated carbocycles. The normalized spacial score (nSPS) is 10.7. The lowest BCUT2D eigenvalue weighted by Crippen LogP contribution is -2.08. The van der Waals surface area contributed by atoms with Crippen molar-refractivity contribution < 1.29 is 9.53 Å². The molecule has 6 heteroatoms. The van der Waals surface area contributed by atoms with Gasteiger partial charge in [0, 0.05) is 17.8 Å². The highest BCUT2D eigenvalue weighted by atomic mass is 35.5. The zero-order chi connectivity index (χ0) is 18.1. The van der Waals surface area contributed by atoms with Crippen LogP contribution in [0.15, 0.2) is 60.3 Å². The van der Waals surface area contributed by atoms with Crippen LogP contribution in [0, 0.1) is 11.3 Å². The highest BCUT2D eigenvalue weighted by Gasteiger charge is 2.10. The van der Waals surface area contributed by atoms with Crippen molar-refractivity contribution in [2.24, 2.45) is 0 Å². The fourth-order valence-electron chi connectivity index (χ4n) is 2.08. The number of carbonyl (C=O) groups excluding carboxylic acids is 1. The molecule has 0 aliphatic carbocycles. The third-order valence-corrected chi connectivity index (χ3v) is 3.53. The number of hydrogen-bond acceptors (Lipinski definition) is 5. The third-order valence-electron chi connectivity index (χ3n) is 3.30. The van der Waals surface area contributed by atoms with Crippen molar-refractivity contribution in [2.45, 2.75) is 13.5 Å². The fourth-order valence-corrected chi connectivity index (χ4v) is 2.25. The van der Waals surface area contributed by atoms with E-state index in [9.17, 15) is 4.79 Å². The first-order chi connectivity index (χ1) is 12.1. The fraction of sp³-hybridized carbons (Fsp3) is 0.158. The number of nitrogens with zero attached hydrogens (tertiary/aromatic N) is 1. The zero-order valence-electron chi connectivity index (χ0n) is 13.8. The van der Waals surface area contributed by atoms with E-state index in [2.05, 4.69) is 10.6 Å². The number of benzene rings is 2. The Kier molecular flexibility index (Phi) is 6.87. The molecule has 0 radical (unpaired) electrons. The average Bonchev–Trinajstić information content (AvgIpc) is 2.62. The summed E-state index contributed by atoms with van der Waals surface area (Å²) in [5, 5.41) is 15.9. The number of anilines is 2. The van der Waals surface area contributed by atoms with Gasteiger partial charge in [0.05, 0.1) is 18.0 Å². The molecule has 0 atom stereocenters. The lowest BCUT2D eigenvalue weighted by Gasteiger charge is -2.13. The molecule has 2 rings (SSSR count). The van der Waals surface area contributed by atoms with Crippen LogP contribution in [0.1, 0.15) is 12.5 Å². The Labute approximate surface area is 151 Å². The zero-order valence-corrected chi connectivity index (χ0v) is 14.5. The summed E-state index contributed by atoms with van der Waals surface area (Å²) in [6.45, 7) is 2.52. The van der Waals surface area contributed by atoms with Gasteiger partial charge in [-0.05, 0) is 30.7 Å². The molecule has 2 aromatic carbocycles. The van der Waals surface area contributed by atoms with Gasteiger partial charge < -0.3 is 15.4 Å². The summed E-state index contributed by atoms with van der Waals surface area (Å²) < 4.78 is 4.83. The number of nitriles is 1. The Morgan fingerprint density at radius 1 is 1.24 bits per heavy atom. The quantitative estimate of drug-likeness (QED) is 0.439. The molecule has 25 heavy (non-hydrogen) atoms. The Hall–Kier alpha value is -2.97. The minimum absolute atomic E-state index is 0.115. The van der Waals surface area contributed by atoms with Crippen LogP contribution in [0.25, 0.3) is 0 Å². The average molecular weight is 356 g/mol. The lowest BCUT2D eigenvalue weighted by molar-refractivity contribution is -0.138. The summed E-state index contributed by atoms with van der Waals surface area (Å²) in [5.74, 6) is -0.668. The maximum atomic E-state index is 11.7. The molecule has 5 nitrogen and oxygen atoms in total. The van der Waals surface area contributed by atoms with Gasteiger partial charge in [-0.2, -0.15) is 5.26 Å². The number of esters is 1. The van der Waals surface area contributed by atoms with E-state index in [1.165, 1.54) is 6.20 Å². The minimum atomic E-state index is -0.668. The summed E-state index contributed by atoms with van der Waals surface area (Å²) in [6, 6.07) is 17.1. The number of rotatable bonds is 7. The van der Waals surface area contributed by atoms with E-state index in [-0.39, 0.29) is 12.2 Å². The molecule has 2 aromatic rings. The standard InChI is InChI=1S/C19H18ClN3O2/c1-2-25-19(24)15(11-21)13-23-18-10-16(20)8-9-17(18)22-12-14-6-4-3-5-7-14/h3-10,13,22-23H,2,12H2,1H3/b15-13+. The summed E-state index contributed by atoms with van der Waals surface area (Å²) in [6.07, 6.45) is 1.32. The first-order valence-electron chi connectivity index (χ1n) is 7.75. The van der Waals surface area contributed by atoms with E-state index in [1.54, 1.807) is 19.1 Å². The summed E-state index contributed by atoms with van der Waals surface area (Å²) in [7, 11) is 0. The number of carbonyl (C=O) groups is 1. The number of ether oxygens (including phenoxy) is 1. The van der Waals surface area contributed by atoms with Gasteiger partial charge in [0.2, 0.25) is 0 Å². The van der Waals surface area contributed by atoms with E-state index >= 15 is 0 Å². The molecule has 0 spiro atoms. The van der Waals surface area contributed by atoms with Crippen molar-refractivity contribution in [2.75, 3.05) is 17.2 Å². The topological polar surface area (TPSA) is 74.2 Å². The summed E-state index contributed by atoms with van der Waals surface area (Å²) in [4.78, 5) is 11.7. The van der Waals surface area contributed by atoms with Crippen LogP contribution >= 0.6 is 11.6 Å². The van der Waals surface area contributed by atoms with E-state index in [0.29, 0.717) is 17.3 Å². The van der Waals surface area contributed by atoms with Crippen LogP contribution in [-0.2, 0) is 16.1 Å². The molecule has 0 aliphatic rings. The van der Waals surface area contributed by atoms with Crippen molar-refractivity contribution >= 4 is 28.9 Å². The molecule has 0 aliphatic heterocycles. The maximum absolute atomic E-state index is 11.7. The summed E-state index contributed by atoms with van der Waals surface area (Å²) >= 11 is 6.05. The smallest absolute Gasteiger partial charge is 0.350 e. The van der Waals surface area contributed by atoms with Crippen LogP contribution in [0.3, 0.4) is 0 Å². The van der Waals surface area contributed by atoms with Crippen molar-refractivity contribution in [3.63, 3.8) is 0 Å². The Morgan fingerprint density at radius 3 is 2.68 bits per heavy atom. The molecule has 0 aromatic heterocycles. The van der Waals surface area contributed by atoms with Crippen LogP contribution in [0.5, 0.6) is 0 Å². The van der Waals surface area contributed by atoms with E-state index in [1.807, 2.05) is 42.5 Å². The molecular weight excluding hydrogens is 338 g/mol. The van der Waals surface area contributed by atoms with Crippen LogP contribution in [-0.4, -0.2) is 12.6 Å². The second-order valence-electron chi connectivity index (χ2n) is 5.06. The second-order valence-corrected chi connectivity index (χ2v) is 5.50. The molecule has 0 saturated heterocycles. The van der Waals surface area contributed by atoms with Crippen LogP contribution in [0.4, 0.5) is 11.4 Å². The van der Waals surface area contributed by atoms with Gasteiger partial charge >= 0.3 is 5.97 Å². The molecule has 0 bridgehead atoms. The van der Waals surface area contributed by atoms with Crippen molar-refractivity contribution in [3.05, 3.63) is 70.9 Å². The predicted octanol–water partition coefficient (Wildman–Crippen LogP) is 4.33. The number of nitrogens with one attached hydrogen (secondary N) is 2. The molecule has 0 unspecified atom stereocenters. The van der Waals surface area contributed by atoms with Gasteiger partial charge in [-0.3, -0.25) is 0 Å². The highest BCUT2D eigenvalue weighted by Crippen LogP contribution is 2.26. The van der Waals surface area contributed by atoms with E-state index < -0.39 is 5.97 Å². The SMILES string of the molecule is CCOC(=O)/C(C#N)=C/Nc1cc(Cl)ccc1NCc1ccccc1. The Bertz CT molecular complexity index is 798.